The minimum atomic E-state index is -0.817. The first-order valence-electron chi connectivity index (χ1n) is 26.8. The van der Waals surface area contributed by atoms with Gasteiger partial charge in [0.05, 0.1) is 0 Å². The Labute approximate surface area is 400 Å². The molecule has 0 spiro atoms. The molecule has 6 nitrogen and oxygen atoms in total. The quantitative estimate of drug-likeness (QED) is 0.0199. The molecular formula is C59H98O6. The third kappa shape index (κ3) is 51.2. The summed E-state index contributed by atoms with van der Waals surface area (Å²) in [7, 11) is 0. The highest BCUT2D eigenvalue weighted by atomic mass is 16.6. The summed E-state index contributed by atoms with van der Waals surface area (Å²) in [6.45, 7) is 6.40. The van der Waals surface area contributed by atoms with Gasteiger partial charge in [0.1, 0.15) is 13.2 Å². The maximum absolute atomic E-state index is 12.8. The average Bonchev–Trinajstić information content (AvgIpc) is 3.30. The maximum Gasteiger partial charge on any atom is 0.306 e. The van der Waals surface area contributed by atoms with Crippen LogP contribution in [0.25, 0.3) is 0 Å². The van der Waals surface area contributed by atoms with Crippen LogP contribution in [0.3, 0.4) is 0 Å². The molecule has 0 aliphatic rings. The molecule has 0 aromatic rings. The topological polar surface area (TPSA) is 78.9 Å². The Kier molecular flexibility index (Phi) is 50.0. The molecule has 6 heteroatoms. The summed E-state index contributed by atoms with van der Waals surface area (Å²) in [5.41, 5.74) is 0. The summed E-state index contributed by atoms with van der Waals surface area (Å²) in [6.07, 6.45) is 69.7. The molecule has 0 saturated heterocycles. The Morgan fingerprint density at radius 2 is 0.692 bits per heavy atom. The second-order valence-corrected chi connectivity index (χ2v) is 17.6. The number of ether oxygens (including phenoxy) is 3. The molecule has 0 rings (SSSR count). The van der Waals surface area contributed by atoms with Crippen LogP contribution in [0.15, 0.2) is 97.2 Å². The molecule has 0 radical (unpaired) electrons. The van der Waals surface area contributed by atoms with Gasteiger partial charge in [0.25, 0.3) is 0 Å². The lowest BCUT2D eigenvalue weighted by Crippen LogP contribution is -2.30. The average molecular weight is 903 g/mol. The van der Waals surface area contributed by atoms with Gasteiger partial charge in [-0.25, -0.2) is 0 Å². The molecule has 0 heterocycles. The number of esters is 3. The Hall–Kier alpha value is -3.67. The van der Waals surface area contributed by atoms with E-state index in [4.69, 9.17) is 14.2 Å². The zero-order chi connectivity index (χ0) is 47.2. The van der Waals surface area contributed by atoms with Crippen molar-refractivity contribution in [2.75, 3.05) is 13.2 Å². The van der Waals surface area contributed by atoms with Crippen molar-refractivity contribution in [3.05, 3.63) is 97.2 Å². The number of allylic oxidation sites excluding steroid dienone is 16. The van der Waals surface area contributed by atoms with E-state index in [1.807, 2.05) is 66.8 Å². The highest BCUT2D eigenvalue weighted by Crippen LogP contribution is 2.15. The van der Waals surface area contributed by atoms with Gasteiger partial charge in [-0.15, -0.1) is 0 Å². The lowest BCUT2D eigenvalue weighted by molar-refractivity contribution is -0.166. The number of carbonyl (C=O) groups is 3. The summed E-state index contributed by atoms with van der Waals surface area (Å²) in [6, 6.07) is 0. The predicted octanol–water partition coefficient (Wildman–Crippen LogP) is 17.8. The molecule has 1 atom stereocenters. The lowest BCUT2D eigenvalue weighted by atomic mass is 10.0. The number of hydrogen-bond donors (Lipinski definition) is 0. The maximum atomic E-state index is 12.8. The van der Waals surface area contributed by atoms with Crippen molar-refractivity contribution < 1.29 is 28.6 Å². The second-order valence-electron chi connectivity index (χ2n) is 17.6. The van der Waals surface area contributed by atoms with E-state index in [2.05, 4.69) is 51.2 Å². The molecular weight excluding hydrogens is 805 g/mol. The Morgan fingerprint density at radius 3 is 1.17 bits per heavy atom. The number of unbranched alkanes of at least 4 members (excludes halogenated alkanes) is 25. The first-order valence-corrected chi connectivity index (χ1v) is 26.8. The van der Waals surface area contributed by atoms with E-state index in [9.17, 15) is 14.4 Å². The number of rotatable bonds is 47. The molecule has 0 aliphatic carbocycles. The molecule has 0 fully saturated rings. The molecule has 0 N–H and O–H groups in total. The second kappa shape index (κ2) is 52.9. The molecule has 370 valence electrons. The summed E-state index contributed by atoms with van der Waals surface area (Å²) in [5, 5.41) is 0. The third-order valence-corrected chi connectivity index (χ3v) is 11.2. The van der Waals surface area contributed by atoms with E-state index in [1.54, 1.807) is 0 Å². The SMILES string of the molecule is CC\C=C/C=C\C=C/C=C\C=C\C=C/CCCCCC(=O)OCC(COC(=O)CC/C=C\C/C=C\CCCCCCCC)OC(=O)CCCCCCCCCCCCCCCCCCC. The van der Waals surface area contributed by atoms with Crippen LogP contribution in [-0.2, 0) is 28.6 Å². The van der Waals surface area contributed by atoms with Gasteiger partial charge in [-0.1, -0.05) is 259 Å². The minimum absolute atomic E-state index is 0.117. The van der Waals surface area contributed by atoms with Crippen LogP contribution >= 0.6 is 0 Å². The zero-order valence-electron chi connectivity index (χ0n) is 42.2. The van der Waals surface area contributed by atoms with Crippen molar-refractivity contribution >= 4 is 17.9 Å². The van der Waals surface area contributed by atoms with E-state index < -0.39 is 6.10 Å². The summed E-state index contributed by atoms with van der Waals surface area (Å²) in [4.78, 5) is 38.0. The number of hydrogen-bond acceptors (Lipinski definition) is 6. The van der Waals surface area contributed by atoms with Crippen LogP contribution < -0.4 is 0 Å². The van der Waals surface area contributed by atoms with Gasteiger partial charge >= 0.3 is 17.9 Å². The summed E-state index contributed by atoms with van der Waals surface area (Å²) in [5.74, 6) is -1.02. The Balaban J connectivity index is 4.52. The fourth-order valence-corrected chi connectivity index (χ4v) is 7.23. The van der Waals surface area contributed by atoms with Gasteiger partial charge in [-0.3, -0.25) is 14.4 Å². The number of carbonyl (C=O) groups excluding carboxylic acids is 3. The molecule has 0 aromatic heterocycles. The zero-order valence-corrected chi connectivity index (χ0v) is 42.2. The van der Waals surface area contributed by atoms with Crippen LogP contribution in [0.5, 0.6) is 0 Å². The van der Waals surface area contributed by atoms with Crippen LogP contribution in [0.1, 0.15) is 239 Å². The van der Waals surface area contributed by atoms with Gasteiger partial charge in [0.2, 0.25) is 0 Å². The van der Waals surface area contributed by atoms with Crippen LogP contribution in [-0.4, -0.2) is 37.2 Å². The molecule has 0 bridgehead atoms. The Morgan fingerprint density at radius 1 is 0.338 bits per heavy atom. The monoisotopic (exact) mass is 903 g/mol. The van der Waals surface area contributed by atoms with Gasteiger partial charge in [0.15, 0.2) is 6.10 Å². The fraction of sp³-hybridized carbons (Fsp3) is 0.678. The van der Waals surface area contributed by atoms with Gasteiger partial charge in [-0.05, 0) is 57.8 Å². The van der Waals surface area contributed by atoms with Gasteiger partial charge in [-0.2, -0.15) is 0 Å². The first-order chi connectivity index (χ1) is 32.0. The van der Waals surface area contributed by atoms with Crippen LogP contribution in [0, 0.1) is 0 Å². The molecule has 0 amide bonds. The first kappa shape index (κ1) is 61.3. The van der Waals surface area contributed by atoms with E-state index in [0.29, 0.717) is 19.3 Å². The molecule has 0 aliphatic heterocycles. The molecule has 0 saturated carbocycles. The predicted molar refractivity (Wildman–Crippen MR) is 279 cm³/mol. The van der Waals surface area contributed by atoms with E-state index in [0.717, 1.165) is 64.2 Å². The fourth-order valence-electron chi connectivity index (χ4n) is 7.23. The van der Waals surface area contributed by atoms with E-state index in [-0.39, 0.29) is 37.5 Å². The third-order valence-electron chi connectivity index (χ3n) is 11.2. The minimum Gasteiger partial charge on any atom is -0.462 e. The largest absolute Gasteiger partial charge is 0.462 e. The molecule has 65 heavy (non-hydrogen) atoms. The standard InChI is InChI=1S/C59H98O6/c1-4-7-10-13-16-19-22-25-27-29-31-34-37-40-43-46-49-52-58(61)64-55-56(54-63-57(60)51-48-45-42-39-36-33-24-21-18-15-12-9-6-3)65-59(62)53-50-47-44-41-38-35-32-30-28-26-23-20-17-14-11-8-5-2/h7,10,13,16,19,22,25,27,29,31,33-34,36-37,42,45,56H,4-6,8-9,11-12,14-15,17-18,20-21,23-24,26,28,30,32,35,38-41,43-44,46-55H2,1-3H3/b10-7-,16-13-,22-19-,27-25-,31-29+,36-33-,37-34-,45-42-. The van der Waals surface area contributed by atoms with Crippen molar-refractivity contribution in [3.8, 4) is 0 Å². The van der Waals surface area contributed by atoms with Crippen LogP contribution in [0.4, 0.5) is 0 Å². The smallest absolute Gasteiger partial charge is 0.306 e. The van der Waals surface area contributed by atoms with Crippen molar-refractivity contribution in [1.29, 1.82) is 0 Å². The van der Waals surface area contributed by atoms with E-state index >= 15 is 0 Å². The van der Waals surface area contributed by atoms with Crippen molar-refractivity contribution in [1.82, 2.24) is 0 Å². The lowest BCUT2D eigenvalue weighted by Gasteiger charge is -2.18. The van der Waals surface area contributed by atoms with Gasteiger partial charge < -0.3 is 14.2 Å². The normalized spacial score (nSPS) is 12.8. The van der Waals surface area contributed by atoms with Crippen molar-refractivity contribution in [2.24, 2.45) is 0 Å². The van der Waals surface area contributed by atoms with Gasteiger partial charge in [0, 0.05) is 19.3 Å². The van der Waals surface area contributed by atoms with Crippen LogP contribution in [0.2, 0.25) is 0 Å². The molecule has 0 aromatic carbocycles. The summed E-state index contributed by atoms with van der Waals surface area (Å²) < 4.78 is 16.7. The highest BCUT2D eigenvalue weighted by Gasteiger charge is 2.19. The Bertz CT molecular complexity index is 1310. The van der Waals surface area contributed by atoms with Crippen molar-refractivity contribution in [3.63, 3.8) is 0 Å². The highest BCUT2D eigenvalue weighted by molar-refractivity contribution is 5.71. The van der Waals surface area contributed by atoms with E-state index in [1.165, 1.54) is 128 Å². The van der Waals surface area contributed by atoms with Crippen molar-refractivity contribution in [2.45, 2.75) is 245 Å². The summed E-state index contributed by atoms with van der Waals surface area (Å²) >= 11 is 0. The molecule has 1 unspecified atom stereocenters.